The molecular formula is C34H44O8. The van der Waals surface area contributed by atoms with Gasteiger partial charge in [-0.1, -0.05) is 63.3 Å². The third-order valence-electron chi connectivity index (χ3n) is 6.63. The van der Waals surface area contributed by atoms with Gasteiger partial charge in [0, 0.05) is 24.1 Å². The summed E-state index contributed by atoms with van der Waals surface area (Å²) >= 11 is 0. The topological polar surface area (TPSA) is 137 Å². The zero-order valence-electron chi connectivity index (χ0n) is 24.7. The van der Waals surface area contributed by atoms with Crippen molar-refractivity contribution in [3.63, 3.8) is 0 Å². The fourth-order valence-corrected chi connectivity index (χ4v) is 4.35. The van der Waals surface area contributed by atoms with Gasteiger partial charge in [-0.3, -0.25) is 4.79 Å². The zero-order chi connectivity index (χ0) is 30.7. The molecule has 0 spiro atoms. The summed E-state index contributed by atoms with van der Waals surface area (Å²) in [6.07, 6.45) is 24.6. The Hall–Kier alpha value is -4.20. The van der Waals surface area contributed by atoms with Crippen molar-refractivity contribution in [1.29, 1.82) is 0 Å². The van der Waals surface area contributed by atoms with Gasteiger partial charge in [-0.25, -0.2) is 0 Å². The van der Waals surface area contributed by atoms with E-state index in [0.29, 0.717) is 0 Å². The number of fused-ring (bicyclic) bond motifs is 1. The molecule has 8 heteroatoms. The van der Waals surface area contributed by atoms with Crippen LogP contribution in [0, 0.1) is 0 Å². The number of carbonyl (C=O) groups excluding carboxylic acids is 1. The van der Waals surface area contributed by atoms with E-state index in [2.05, 4.69) is 31.2 Å². The monoisotopic (exact) mass is 580 g/mol. The van der Waals surface area contributed by atoms with Crippen LogP contribution in [-0.4, -0.2) is 33.8 Å². The van der Waals surface area contributed by atoms with Gasteiger partial charge in [0.25, 0.3) is 0 Å². The Morgan fingerprint density at radius 3 is 2.02 bits per heavy atom. The van der Waals surface area contributed by atoms with Crippen molar-refractivity contribution < 1.29 is 34.4 Å². The van der Waals surface area contributed by atoms with Crippen LogP contribution in [0.4, 0.5) is 0 Å². The van der Waals surface area contributed by atoms with Crippen molar-refractivity contribution >= 4 is 17.3 Å². The molecule has 0 fully saturated rings. The maximum Gasteiger partial charge on any atom is 0.239 e. The largest absolute Gasteiger partial charge is 0.508 e. The minimum atomic E-state index is -0.631. The normalized spacial score (nSPS) is 11.2. The van der Waals surface area contributed by atoms with Crippen molar-refractivity contribution in [3.05, 3.63) is 64.9 Å². The molecule has 2 aromatic carbocycles. The molecule has 0 unspecified atom stereocenters. The highest BCUT2D eigenvalue weighted by Crippen LogP contribution is 2.38. The van der Waals surface area contributed by atoms with Crippen LogP contribution < -0.4 is 10.2 Å². The molecule has 0 aliphatic heterocycles. The van der Waals surface area contributed by atoms with Gasteiger partial charge in [-0.15, -0.1) is 0 Å². The molecule has 0 atom stereocenters. The Morgan fingerprint density at radius 2 is 1.40 bits per heavy atom. The Bertz CT molecular complexity index is 1370. The summed E-state index contributed by atoms with van der Waals surface area (Å²) in [6, 6.07) is 6.05. The van der Waals surface area contributed by atoms with Crippen LogP contribution in [0.2, 0.25) is 0 Å². The van der Waals surface area contributed by atoms with Crippen molar-refractivity contribution in [1.82, 2.24) is 0 Å². The molecule has 3 rings (SSSR count). The highest BCUT2D eigenvalue weighted by Gasteiger charge is 2.20. The lowest BCUT2D eigenvalue weighted by Gasteiger charge is -2.10. The number of aromatic hydroxyl groups is 4. The second kappa shape index (κ2) is 19.0. The SMILES string of the molecule is CCCCC/C=C\C/C=C\CCCCCCCC=O.COc1c(-c2ccc(O)c(O)c2)oc2cc(O)cc(O)c2c1=O. The number of benzene rings is 2. The van der Waals surface area contributed by atoms with Gasteiger partial charge in [0.1, 0.15) is 28.8 Å². The number of methoxy groups -OCH3 is 1. The molecule has 0 saturated carbocycles. The van der Waals surface area contributed by atoms with E-state index in [1.165, 1.54) is 89.2 Å². The van der Waals surface area contributed by atoms with Gasteiger partial charge in [0.2, 0.25) is 11.2 Å². The van der Waals surface area contributed by atoms with Crippen LogP contribution in [0.15, 0.2) is 63.8 Å². The molecule has 0 aliphatic rings. The third kappa shape index (κ3) is 11.0. The predicted molar refractivity (Wildman–Crippen MR) is 167 cm³/mol. The standard InChI is InChI=1S/C18H32O.C16H12O7/c1-2-3-4-5-6-7-8-9-10-11-12-13-14-15-16-17-18-19;1-22-16-14(21)13-11(20)5-8(17)6-12(13)23-15(16)7-2-3-9(18)10(19)4-7/h6-7,9-10,18H,2-5,8,11-17H2,1H3;2-6,17-20H,1H3/b7-6-,10-9-;. The van der Waals surface area contributed by atoms with Crippen LogP contribution in [0.5, 0.6) is 28.7 Å². The van der Waals surface area contributed by atoms with E-state index in [1.54, 1.807) is 0 Å². The van der Waals surface area contributed by atoms with Gasteiger partial charge in [-0.2, -0.15) is 0 Å². The summed E-state index contributed by atoms with van der Waals surface area (Å²) in [5, 5.41) is 38.2. The van der Waals surface area contributed by atoms with Crippen molar-refractivity contribution in [3.8, 4) is 40.1 Å². The first kappa shape index (κ1) is 34.0. The van der Waals surface area contributed by atoms with Gasteiger partial charge < -0.3 is 34.4 Å². The third-order valence-corrected chi connectivity index (χ3v) is 6.63. The van der Waals surface area contributed by atoms with E-state index in [4.69, 9.17) is 9.15 Å². The first-order chi connectivity index (χ1) is 20.3. The van der Waals surface area contributed by atoms with Gasteiger partial charge >= 0.3 is 0 Å². The minimum Gasteiger partial charge on any atom is -0.508 e. The Balaban J connectivity index is 0.000000301. The fourth-order valence-electron chi connectivity index (χ4n) is 4.35. The van der Waals surface area contributed by atoms with Gasteiger partial charge in [-0.05, 0) is 56.7 Å². The van der Waals surface area contributed by atoms with Gasteiger partial charge in [0.05, 0.1) is 7.11 Å². The van der Waals surface area contributed by atoms with Crippen LogP contribution in [-0.2, 0) is 4.79 Å². The number of hydrogen-bond donors (Lipinski definition) is 4. The molecule has 4 N–H and O–H groups in total. The summed E-state index contributed by atoms with van der Waals surface area (Å²) in [4.78, 5) is 22.6. The second-order valence-electron chi connectivity index (χ2n) is 10.0. The highest BCUT2D eigenvalue weighted by molar-refractivity contribution is 5.88. The predicted octanol–water partition coefficient (Wildman–Crippen LogP) is 8.29. The molecule has 228 valence electrons. The maximum atomic E-state index is 12.5. The van der Waals surface area contributed by atoms with Crippen molar-refractivity contribution in [2.24, 2.45) is 0 Å². The number of rotatable bonds is 16. The fraction of sp³-hybridized carbons (Fsp3) is 0.412. The van der Waals surface area contributed by atoms with E-state index in [1.807, 2.05) is 0 Å². The number of unbranched alkanes of at least 4 members (excludes halogenated alkanes) is 9. The Kier molecular flexibility index (Phi) is 15.4. The van der Waals surface area contributed by atoms with Crippen molar-refractivity contribution in [2.45, 2.75) is 84.0 Å². The Labute approximate surface area is 247 Å². The second-order valence-corrected chi connectivity index (χ2v) is 10.0. The summed E-state index contributed by atoms with van der Waals surface area (Å²) in [5.74, 6) is -1.62. The number of carbonyl (C=O) groups is 1. The van der Waals surface area contributed by atoms with Crippen LogP contribution in [0.25, 0.3) is 22.3 Å². The molecule has 0 amide bonds. The summed E-state index contributed by atoms with van der Waals surface area (Å²) < 4.78 is 10.6. The molecule has 0 radical (unpaired) electrons. The Morgan fingerprint density at radius 1 is 0.762 bits per heavy atom. The maximum absolute atomic E-state index is 12.5. The smallest absolute Gasteiger partial charge is 0.239 e. The number of allylic oxidation sites excluding steroid dienone is 4. The number of aldehydes is 1. The molecule has 0 bridgehead atoms. The van der Waals surface area contributed by atoms with E-state index in [-0.39, 0.29) is 39.5 Å². The molecule has 0 aliphatic carbocycles. The zero-order valence-corrected chi connectivity index (χ0v) is 24.7. The summed E-state index contributed by atoms with van der Waals surface area (Å²) in [6.45, 7) is 2.24. The first-order valence-corrected chi connectivity index (χ1v) is 14.7. The molecular weight excluding hydrogens is 536 g/mol. The van der Waals surface area contributed by atoms with Crippen molar-refractivity contribution in [2.75, 3.05) is 7.11 Å². The number of phenolic OH excluding ortho intramolecular Hbond substituents is 4. The van der Waals surface area contributed by atoms with Crippen LogP contribution in [0.1, 0.15) is 84.0 Å². The molecule has 8 nitrogen and oxygen atoms in total. The van der Waals surface area contributed by atoms with E-state index in [9.17, 15) is 30.0 Å². The lowest BCUT2D eigenvalue weighted by molar-refractivity contribution is -0.107. The number of phenols is 4. The number of hydrogen-bond acceptors (Lipinski definition) is 8. The average Bonchev–Trinajstić information content (AvgIpc) is 2.96. The molecule has 1 heterocycles. The highest BCUT2D eigenvalue weighted by atomic mass is 16.5. The minimum absolute atomic E-state index is 0.00898. The van der Waals surface area contributed by atoms with Crippen LogP contribution >= 0.6 is 0 Å². The first-order valence-electron chi connectivity index (χ1n) is 14.7. The molecule has 3 aromatic rings. The summed E-state index contributed by atoms with van der Waals surface area (Å²) in [7, 11) is 1.26. The number of ether oxygens (including phenoxy) is 1. The van der Waals surface area contributed by atoms with Crippen LogP contribution in [0.3, 0.4) is 0 Å². The van der Waals surface area contributed by atoms with Gasteiger partial charge in [0.15, 0.2) is 17.3 Å². The molecule has 42 heavy (non-hydrogen) atoms. The molecule has 1 aromatic heterocycles. The average molecular weight is 581 g/mol. The van der Waals surface area contributed by atoms with E-state index in [0.717, 1.165) is 31.6 Å². The summed E-state index contributed by atoms with van der Waals surface area (Å²) in [5.41, 5.74) is -0.399. The van der Waals surface area contributed by atoms with E-state index < -0.39 is 16.9 Å². The lowest BCUT2D eigenvalue weighted by Crippen LogP contribution is -2.07. The lowest BCUT2D eigenvalue weighted by atomic mass is 10.1. The quantitative estimate of drug-likeness (QED) is 0.0575. The molecule has 0 saturated heterocycles. The van der Waals surface area contributed by atoms with E-state index >= 15 is 0 Å².